The molecule has 0 spiro atoms. The van der Waals surface area contributed by atoms with Gasteiger partial charge in [-0.3, -0.25) is 33.5 Å². The number of hydrogen-bond acceptors (Lipinski definition) is 13. The van der Waals surface area contributed by atoms with E-state index in [0.29, 0.717) is 25.7 Å². The minimum Gasteiger partial charge on any atom is -0.456 e. The molecule has 3 aliphatic rings. The molecule has 60 heavy (non-hydrogen) atoms. The lowest BCUT2D eigenvalue weighted by Gasteiger charge is -2.35. The molecule has 1 aromatic heterocycles. The molecule has 1 aromatic rings. The predicted octanol–water partition coefficient (Wildman–Crippen LogP) is 2.40. The number of aliphatic hydroxyl groups is 2. The van der Waals surface area contributed by atoms with Crippen LogP contribution >= 0.6 is 0 Å². The SMILES string of the molecule is CCCCCCCCC=CCCCCCCCC(=O)O[C@@H]1[C@H](OC)[C@@H]([C@@H](O[C@H]2OC(C(=O)N[C@H]3CCC[C@@H](C)NC3=O)=C[C@H](O)[C@@H]2O)C(N)=O)O[C@H]1n1ccc(=O)[nH]c1=O. The van der Waals surface area contributed by atoms with Crippen molar-refractivity contribution in [3.05, 3.63) is 57.1 Å². The van der Waals surface area contributed by atoms with Crippen molar-refractivity contribution < 1.29 is 53.1 Å². The number of ether oxygens (including phenoxy) is 5. The van der Waals surface area contributed by atoms with Crippen LogP contribution in [-0.4, -0.2) is 106 Å². The Hall–Kier alpha value is -4.36. The maximum atomic E-state index is 13.3. The number of aromatic amines is 1. The Bertz CT molecular complexity index is 1730. The van der Waals surface area contributed by atoms with Gasteiger partial charge in [-0.15, -0.1) is 0 Å². The van der Waals surface area contributed by atoms with Crippen molar-refractivity contribution in [2.75, 3.05) is 7.11 Å². The van der Waals surface area contributed by atoms with Crippen LogP contribution in [0.3, 0.4) is 0 Å². The molecule has 2 saturated heterocycles. The number of carbonyl (C=O) groups excluding carboxylic acids is 4. The second-order valence-corrected chi connectivity index (χ2v) is 15.8. The molecule has 18 heteroatoms. The average molecular weight is 848 g/mol. The van der Waals surface area contributed by atoms with Gasteiger partial charge in [0.15, 0.2) is 24.2 Å². The molecule has 0 radical (unpaired) electrons. The lowest BCUT2D eigenvalue weighted by atomic mass is 10.0. The lowest BCUT2D eigenvalue weighted by Crippen LogP contribution is -2.54. The summed E-state index contributed by atoms with van der Waals surface area (Å²) in [5, 5.41) is 26.9. The van der Waals surface area contributed by atoms with Crippen LogP contribution in [-0.2, 0) is 42.9 Å². The van der Waals surface area contributed by atoms with E-state index in [2.05, 4.69) is 34.7 Å². The van der Waals surface area contributed by atoms with Crippen molar-refractivity contribution in [2.24, 2.45) is 5.73 Å². The second kappa shape index (κ2) is 24.8. The summed E-state index contributed by atoms with van der Waals surface area (Å²) in [5.41, 5.74) is 4.16. The highest BCUT2D eigenvalue weighted by Crippen LogP contribution is 2.36. The van der Waals surface area contributed by atoms with Gasteiger partial charge in [0.25, 0.3) is 11.5 Å². The van der Waals surface area contributed by atoms with Crippen LogP contribution < -0.4 is 27.6 Å². The number of nitrogens with one attached hydrogen (secondary N) is 3. The van der Waals surface area contributed by atoms with Gasteiger partial charge < -0.3 is 50.3 Å². The first-order valence-electron chi connectivity index (χ1n) is 21.5. The zero-order chi connectivity index (χ0) is 43.6. The fourth-order valence-corrected chi connectivity index (χ4v) is 7.58. The Morgan fingerprint density at radius 2 is 1.65 bits per heavy atom. The zero-order valence-electron chi connectivity index (χ0n) is 35.1. The number of allylic oxidation sites excluding steroid dienone is 2. The quantitative estimate of drug-likeness (QED) is 0.0497. The summed E-state index contributed by atoms with van der Waals surface area (Å²) in [5.74, 6) is -3.57. The first kappa shape index (κ1) is 48.3. The van der Waals surface area contributed by atoms with Gasteiger partial charge in [0, 0.05) is 31.8 Å². The van der Waals surface area contributed by atoms with Crippen LogP contribution in [0.25, 0.3) is 0 Å². The highest BCUT2D eigenvalue weighted by Gasteiger charge is 2.54. The van der Waals surface area contributed by atoms with Gasteiger partial charge in [0.05, 0.1) is 0 Å². The van der Waals surface area contributed by atoms with Crippen molar-refractivity contribution in [1.82, 2.24) is 20.2 Å². The van der Waals surface area contributed by atoms with Crippen molar-refractivity contribution in [1.29, 1.82) is 0 Å². The van der Waals surface area contributed by atoms with Crippen LogP contribution in [0.15, 0.2) is 45.8 Å². The van der Waals surface area contributed by atoms with E-state index in [9.17, 15) is 39.0 Å². The Kier molecular flexibility index (Phi) is 20.0. The van der Waals surface area contributed by atoms with Crippen LogP contribution in [0.4, 0.5) is 0 Å². The second-order valence-electron chi connectivity index (χ2n) is 15.8. The lowest BCUT2D eigenvalue weighted by molar-refractivity contribution is -0.241. The number of carbonyl (C=O) groups is 4. The summed E-state index contributed by atoms with van der Waals surface area (Å²) >= 11 is 0. The summed E-state index contributed by atoms with van der Waals surface area (Å²) in [4.78, 5) is 79.1. The predicted molar refractivity (Wildman–Crippen MR) is 218 cm³/mol. The molecule has 0 saturated carbocycles. The van der Waals surface area contributed by atoms with E-state index >= 15 is 0 Å². The maximum absolute atomic E-state index is 13.3. The topological polar surface area (TPSA) is 260 Å². The van der Waals surface area contributed by atoms with Crippen molar-refractivity contribution in [3.63, 3.8) is 0 Å². The number of primary amides is 1. The van der Waals surface area contributed by atoms with Gasteiger partial charge in [0.1, 0.15) is 30.5 Å². The molecule has 0 aliphatic carbocycles. The normalized spacial score (nSPS) is 27.4. The van der Waals surface area contributed by atoms with E-state index in [0.717, 1.165) is 61.4 Å². The highest BCUT2D eigenvalue weighted by atomic mass is 16.7. The third kappa shape index (κ3) is 14.4. The smallest absolute Gasteiger partial charge is 0.330 e. The van der Waals surface area contributed by atoms with E-state index in [4.69, 9.17) is 29.4 Å². The Labute approximate surface area is 350 Å². The molecule has 4 heterocycles. The van der Waals surface area contributed by atoms with Gasteiger partial charge in [-0.25, -0.2) is 4.79 Å². The molecule has 3 amide bonds. The van der Waals surface area contributed by atoms with Gasteiger partial charge in [-0.2, -0.15) is 0 Å². The number of methoxy groups -OCH3 is 1. The number of rotatable bonds is 24. The van der Waals surface area contributed by atoms with Gasteiger partial charge in [-0.1, -0.05) is 70.4 Å². The molecule has 0 aromatic carbocycles. The van der Waals surface area contributed by atoms with Crippen LogP contribution in [0.1, 0.15) is 129 Å². The molecule has 3 aliphatic heterocycles. The van der Waals surface area contributed by atoms with Crippen molar-refractivity contribution >= 4 is 23.7 Å². The highest BCUT2D eigenvalue weighted by molar-refractivity contribution is 5.95. The molecule has 7 N–H and O–H groups in total. The van der Waals surface area contributed by atoms with Crippen LogP contribution in [0, 0.1) is 0 Å². The summed E-state index contributed by atoms with van der Waals surface area (Å²) in [6.45, 7) is 4.07. The summed E-state index contributed by atoms with van der Waals surface area (Å²) in [6, 6.07) is 0.0759. The largest absolute Gasteiger partial charge is 0.456 e. The van der Waals surface area contributed by atoms with Crippen LogP contribution in [0.2, 0.25) is 0 Å². The van der Waals surface area contributed by atoms with Crippen molar-refractivity contribution in [2.45, 2.75) is 184 Å². The summed E-state index contributed by atoms with van der Waals surface area (Å²) < 4.78 is 30.0. The number of esters is 1. The van der Waals surface area contributed by atoms with E-state index in [1.807, 2.05) is 6.92 Å². The summed E-state index contributed by atoms with van der Waals surface area (Å²) in [6.07, 6.45) is 9.49. The number of aliphatic hydroxyl groups excluding tert-OH is 2. The van der Waals surface area contributed by atoms with E-state index in [1.165, 1.54) is 45.6 Å². The standard InChI is InChI=1S/C42H65N5O13/c1-4-5-6-7-8-9-10-11-12-13-14-15-16-17-18-22-31(50)58-36-33(56-3)34(59-40(36)47-24-23-30(49)46-42(47)55)35(37(43)52)60-41-32(51)28(48)25-29(57-41)39(54)45-27-21-19-20-26(2)44-38(27)53/h11-12,23-28,32-36,40-41,48,51H,4-10,13-22H2,1-3H3,(H2,43,52)(H,44,53)(H,45,54)(H,46,49,55)/t26-,27+,28+,32+,33-,34+,35-,36-,40-,41-/m1/s1. The van der Waals surface area contributed by atoms with E-state index in [-0.39, 0.29) is 12.5 Å². The third-order valence-electron chi connectivity index (χ3n) is 11.0. The molecule has 0 bridgehead atoms. The Morgan fingerprint density at radius 3 is 2.30 bits per heavy atom. The zero-order valence-corrected chi connectivity index (χ0v) is 35.1. The van der Waals surface area contributed by atoms with E-state index < -0.39 is 95.9 Å². The number of unbranched alkanes of at least 4 members (excludes halogenated alkanes) is 11. The molecule has 4 rings (SSSR count). The molecule has 2 fully saturated rings. The number of hydrogen-bond donors (Lipinski definition) is 6. The fourth-order valence-electron chi connectivity index (χ4n) is 7.58. The van der Waals surface area contributed by atoms with Crippen molar-refractivity contribution in [3.8, 4) is 0 Å². The molecule has 336 valence electrons. The molecule has 10 atom stereocenters. The first-order chi connectivity index (χ1) is 28.8. The number of nitrogens with two attached hydrogens (primary N) is 1. The van der Waals surface area contributed by atoms with Gasteiger partial charge >= 0.3 is 11.7 Å². The molecule has 0 unspecified atom stereocenters. The monoisotopic (exact) mass is 847 g/mol. The van der Waals surface area contributed by atoms with Crippen LogP contribution in [0.5, 0.6) is 0 Å². The minimum absolute atomic E-state index is 0.0391. The fraction of sp³-hybridized carbons (Fsp3) is 0.714. The number of nitrogens with zero attached hydrogens (tertiary/aromatic N) is 1. The minimum atomic E-state index is -1.88. The average Bonchev–Trinajstić information content (AvgIpc) is 3.46. The number of aromatic nitrogens is 2. The van der Waals surface area contributed by atoms with Gasteiger partial charge in [0.2, 0.25) is 18.1 Å². The Balaban J connectivity index is 1.37. The Morgan fingerprint density at radius 1 is 0.983 bits per heavy atom. The van der Waals surface area contributed by atoms with Gasteiger partial charge in [-0.05, 0) is 64.4 Å². The third-order valence-corrected chi connectivity index (χ3v) is 11.0. The first-order valence-corrected chi connectivity index (χ1v) is 21.5. The number of H-pyrrole nitrogens is 1. The molecule has 18 nitrogen and oxygen atoms in total. The summed E-state index contributed by atoms with van der Waals surface area (Å²) in [7, 11) is 1.24. The molecular weight excluding hydrogens is 782 g/mol. The molecular formula is C42H65N5O13. The van der Waals surface area contributed by atoms with E-state index in [1.54, 1.807) is 0 Å². The number of amides is 3. The maximum Gasteiger partial charge on any atom is 0.330 e.